The Balaban J connectivity index is 0.000000422. The van der Waals surface area contributed by atoms with Crippen LogP contribution in [0.2, 0.25) is 13.1 Å². The molecule has 1 aliphatic carbocycles. The first-order valence-corrected chi connectivity index (χ1v) is 12.2. The maximum absolute atomic E-state index is 2.45. The smallest absolute Gasteiger partial charge is 0.0877 e. The first kappa shape index (κ1) is 22.6. The van der Waals surface area contributed by atoms with Gasteiger partial charge in [0.1, 0.15) is 0 Å². The zero-order chi connectivity index (χ0) is 18.2. The third-order valence-electron chi connectivity index (χ3n) is 4.58. The van der Waals surface area contributed by atoms with E-state index in [-0.39, 0.29) is 21.7 Å². The first-order valence-electron chi connectivity index (χ1n) is 9.20. The fraction of sp³-hybridized carbons (Fsp3) is 0.250. The van der Waals surface area contributed by atoms with Crippen molar-refractivity contribution in [1.29, 1.82) is 0 Å². The number of hydrogen-bond acceptors (Lipinski definition) is 0. The van der Waals surface area contributed by atoms with Crippen molar-refractivity contribution in [2.24, 2.45) is 0 Å². The van der Waals surface area contributed by atoms with Crippen LogP contribution in [0.15, 0.2) is 78.4 Å². The molecule has 1 aliphatic rings. The van der Waals surface area contributed by atoms with Crippen LogP contribution in [0.3, 0.4) is 0 Å². The van der Waals surface area contributed by atoms with Crippen LogP contribution in [0.5, 0.6) is 0 Å². The van der Waals surface area contributed by atoms with Crippen LogP contribution < -0.4 is 0 Å². The van der Waals surface area contributed by atoms with Crippen molar-refractivity contribution >= 4 is 14.9 Å². The maximum Gasteiger partial charge on any atom is 2.00 e. The van der Waals surface area contributed by atoms with Crippen LogP contribution in [0.25, 0.3) is 17.2 Å². The monoisotopic (exact) mass is 394 g/mol. The molecule has 0 heterocycles. The van der Waals surface area contributed by atoms with E-state index in [2.05, 4.69) is 74.6 Å². The number of benzene rings is 2. The summed E-state index contributed by atoms with van der Waals surface area (Å²) in [5.41, 5.74) is 8.00. The Morgan fingerprint density at radius 1 is 0.846 bits per heavy atom. The number of rotatable bonds is 3. The van der Waals surface area contributed by atoms with Gasteiger partial charge in [0.25, 0.3) is 0 Å². The average molecular weight is 394 g/mol. The molecule has 0 spiro atoms. The van der Waals surface area contributed by atoms with Gasteiger partial charge in [-0.2, -0.15) is 0 Å². The quantitative estimate of drug-likeness (QED) is 0.388. The van der Waals surface area contributed by atoms with Crippen molar-refractivity contribution < 1.29 is 21.7 Å². The van der Waals surface area contributed by atoms with E-state index in [4.69, 9.17) is 0 Å². The summed E-state index contributed by atoms with van der Waals surface area (Å²) in [6.07, 6.45) is 10.4. The summed E-state index contributed by atoms with van der Waals surface area (Å²) in [7, 11) is -0.701. The van der Waals surface area contributed by atoms with Gasteiger partial charge in [0.2, 0.25) is 0 Å². The molecule has 0 saturated carbocycles. The van der Waals surface area contributed by atoms with Crippen molar-refractivity contribution in [2.45, 2.75) is 39.4 Å². The molecule has 1 atom stereocenters. The zero-order valence-corrected chi connectivity index (χ0v) is 19.4. The third-order valence-corrected chi connectivity index (χ3v) is 6.80. The van der Waals surface area contributed by atoms with E-state index < -0.39 is 8.80 Å². The second-order valence-electron chi connectivity index (χ2n) is 6.84. The summed E-state index contributed by atoms with van der Waals surface area (Å²) >= 11 is 0. The molecule has 0 aliphatic heterocycles. The van der Waals surface area contributed by atoms with Crippen LogP contribution in [0, 0.1) is 0 Å². The van der Waals surface area contributed by atoms with Crippen LogP contribution in [0.4, 0.5) is 0 Å². The van der Waals surface area contributed by atoms with Gasteiger partial charge in [0.15, 0.2) is 0 Å². The van der Waals surface area contributed by atoms with Crippen molar-refractivity contribution in [3.8, 4) is 11.1 Å². The Morgan fingerprint density at radius 3 is 2.00 bits per heavy atom. The summed E-state index contributed by atoms with van der Waals surface area (Å²) in [4.78, 5) is 0. The van der Waals surface area contributed by atoms with Gasteiger partial charge in [0.05, 0.1) is 0 Å². The molecule has 2 aromatic rings. The summed E-state index contributed by atoms with van der Waals surface area (Å²) < 4.78 is 0. The second kappa shape index (κ2) is 11.3. The van der Waals surface area contributed by atoms with Crippen LogP contribution >= 0.6 is 0 Å². The predicted molar refractivity (Wildman–Crippen MR) is 117 cm³/mol. The molecule has 0 N–H and O–H groups in total. The molecule has 0 amide bonds. The summed E-state index contributed by atoms with van der Waals surface area (Å²) in [6.45, 7) is 11.2. The largest absolute Gasteiger partial charge is 2.00 e. The molecule has 0 saturated heterocycles. The fourth-order valence-electron chi connectivity index (χ4n) is 3.55. The van der Waals surface area contributed by atoms with E-state index in [9.17, 15) is 0 Å². The molecule has 2 aromatic carbocycles. The molecular formula is C24H30SiTi+2. The van der Waals surface area contributed by atoms with E-state index in [1.165, 1.54) is 16.7 Å². The Hall–Kier alpha value is -1.41. The second-order valence-corrected chi connectivity index (χ2v) is 9.99. The topological polar surface area (TPSA) is 0 Å². The molecule has 0 fully saturated rings. The van der Waals surface area contributed by atoms with Crippen molar-refractivity contribution in [3.63, 3.8) is 0 Å². The van der Waals surface area contributed by atoms with E-state index >= 15 is 0 Å². The van der Waals surface area contributed by atoms with E-state index in [1.54, 1.807) is 11.1 Å². The first-order chi connectivity index (χ1) is 12.1. The van der Waals surface area contributed by atoms with Crippen LogP contribution in [-0.4, -0.2) is 8.80 Å². The van der Waals surface area contributed by atoms with Crippen LogP contribution in [0.1, 0.15) is 37.4 Å². The minimum absolute atomic E-state index is 0. The number of fused-ring (bicyclic) bond motifs is 1. The SMILES string of the molecule is CC1=Cc2c(-c3ccccc3)cccc2C1[SiH](C)C.CC=CC=CC.[Ti+2]. The standard InChI is InChI=1S/C18H20Si.C6H10.Ti/c1-13-12-17-15(14-8-5-4-6-9-14)10-7-11-16(17)18(13)19(2)3;1-3-5-6-4-2;/h4-12,18-19H,1-3H3;3-6H,1-2H3;/q;;+2. The average Bonchev–Trinajstić information content (AvgIpc) is 2.97. The fourth-order valence-corrected chi connectivity index (χ4v) is 5.71. The van der Waals surface area contributed by atoms with Gasteiger partial charge in [0, 0.05) is 8.80 Å². The molecular weight excluding hydrogens is 364 g/mol. The summed E-state index contributed by atoms with van der Waals surface area (Å²) in [5, 5.41) is 0. The molecule has 1 unspecified atom stereocenters. The van der Waals surface area contributed by atoms with Gasteiger partial charge in [-0.15, -0.1) is 0 Å². The van der Waals surface area contributed by atoms with Crippen molar-refractivity contribution in [3.05, 3.63) is 89.5 Å². The Labute approximate surface area is 176 Å². The van der Waals surface area contributed by atoms with Gasteiger partial charge in [-0.3, -0.25) is 0 Å². The molecule has 26 heavy (non-hydrogen) atoms. The van der Waals surface area contributed by atoms with Crippen molar-refractivity contribution in [2.75, 3.05) is 0 Å². The minimum Gasteiger partial charge on any atom is -0.0877 e. The minimum atomic E-state index is -0.701. The molecule has 0 aromatic heterocycles. The van der Waals surface area contributed by atoms with Gasteiger partial charge in [-0.25, -0.2) is 0 Å². The Morgan fingerprint density at radius 2 is 1.46 bits per heavy atom. The van der Waals surface area contributed by atoms with Crippen molar-refractivity contribution in [1.82, 2.24) is 0 Å². The van der Waals surface area contributed by atoms with E-state index in [0.29, 0.717) is 0 Å². The predicted octanol–water partition coefficient (Wildman–Crippen LogP) is 7.02. The summed E-state index contributed by atoms with van der Waals surface area (Å²) in [5.74, 6) is 0. The Kier molecular flexibility index (Phi) is 9.87. The van der Waals surface area contributed by atoms with Gasteiger partial charge in [-0.05, 0) is 48.6 Å². The van der Waals surface area contributed by atoms with Crippen LogP contribution in [-0.2, 0) is 21.7 Å². The molecule has 3 rings (SSSR count). The Bertz CT molecular complexity index is 760. The number of allylic oxidation sites excluding steroid dienone is 5. The van der Waals surface area contributed by atoms with Gasteiger partial charge >= 0.3 is 21.7 Å². The van der Waals surface area contributed by atoms with Gasteiger partial charge in [-0.1, -0.05) is 97.6 Å². The molecule has 0 bridgehead atoms. The van der Waals surface area contributed by atoms with E-state index in [1.807, 2.05) is 38.2 Å². The third kappa shape index (κ3) is 5.54. The maximum atomic E-state index is 2.45. The zero-order valence-electron chi connectivity index (χ0n) is 16.7. The normalized spacial score (nSPS) is 15.5. The molecule has 0 nitrogen and oxygen atoms in total. The molecule has 0 radical (unpaired) electrons. The molecule has 132 valence electrons. The number of hydrogen-bond donors (Lipinski definition) is 0. The van der Waals surface area contributed by atoms with Gasteiger partial charge < -0.3 is 0 Å². The summed E-state index contributed by atoms with van der Waals surface area (Å²) in [6, 6.07) is 17.5. The molecule has 2 heteroatoms. The van der Waals surface area contributed by atoms with E-state index in [0.717, 1.165) is 5.54 Å².